The highest BCUT2D eigenvalue weighted by Crippen LogP contribution is 2.33. The SMILES string of the molecule is CC(Nc1cc(Br)ccc1[N+](=O)[O-])c1ccc(Cl)s1. The summed E-state index contributed by atoms with van der Waals surface area (Å²) in [6, 6.07) is 8.50. The van der Waals surface area contributed by atoms with Crippen molar-refractivity contribution in [3.05, 3.63) is 54.1 Å². The number of nitrogens with zero attached hydrogens (tertiary/aromatic N) is 1. The number of nitro benzene ring substituents is 1. The molecule has 1 aromatic carbocycles. The minimum Gasteiger partial charge on any atom is -0.372 e. The lowest BCUT2D eigenvalue weighted by molar-refractivity contribution is -0.384. The average molecular weight is 362 g/mol. The number of thiophene rings is 1. The molecule has 0 aliphatic rings. The van der Waals surface area contributed by atoms with Crippen LogP contribution in [0.5, 0.6) is 0 Å². The van der Waals surface area contributed by atoms with Crippen LogP contribution in [-0.4, -0.2) is 4.92 Å². The molecule has 1 unspecified atom stereocenters. The van der Waals surface area contributed by atoms with Crippen LogP contribution >= 0.6 is 38.9 Å². The Labute approximate surface area is 127 Å². The Morgan fingerprint density at radius 3 is 2.74 bits per heavy atom. The summed E-state index contributed by atoms with van der Waals surface area (Å²) in [7, 11) is 0. The van der Waals surface area contributed by atoms with Crippen LogP contribution in [0.2, 0.25) is 4.34 Å². The van der Waals surface area contributed by atoms with Crippen LogP contribution in [0.25, 0.3) is 0 Å². The molecule has 1 N–H and O–H groups in total. The van der Waals surface area contributed by atoms with E-state index in [0.717, 1.165) is 9.35 Å². The van der Waals surface area contributed by atoms with Crippen molar-refractivity contribution < 1.29 is 4.92 Å². The van der Waals surface area contributed by atoms with Gasteiger partial charge >= 0.3 is 0 Å². The summed E-state index contributed by atoms with van der Waals surface area (Å²) in [4.78, 5) is 11.6. The van der Waals surface area contributed by atoms with Crippen molar-refractivity contribution in [3.63, 3.8) is 0 Å². The fourth-order valence-electron chi connectivity index (χ4n) is 1.65. The number of hydrogen-bond acceptors (Lipinski definition) is 4. The molecule has 7 heteroatoms. The summed E-state index contributed by atoms with van der Waals surface area (Å²) in [5.74, 6) is 0. The second kappa shape index (κ2) is 5.90. The number of benzene rings is 1. The molecule has 2 aromatic rings. The van der Waals surface area contributed by atoms with Crippen LogP contribution in [0, 0.1) is 10.1 Å². The first-order valence-corrected chi connectivity index (χ1v) is 7.42. The molecule has 0 fully saturated rings. The monoisotopic (exact) mass is 360 g/mol. The van der Waals surface area contributed by atoms with Crippen molar-refractivity contribution in [2.45, 2.75) is 13.0 Å². The van der Waals surface area contributed by atoms with E-state index in [-0.39, 0.29) is 11.7 Å². The van der Waals surface area contributed by atoms with E-state index in [4.69, 9.17) is 11.6 Å². The lowest BCUT2D eigenvalue weighted by Crippen LogP contribution is -2.07. The molecule has 0 spiro atoms. The molecular weight excluding hydrogens is 352 g/mol. The molecular formula is C12H10BrClN2O2S. The molecule has 1 heterocycles. The van der Waals surface area contributed by atoms with Crippen LogP contribution in [0.15, 0.2) is 34.8 Å². The van der Waals surface area contributed by atoms with Crippen molar-refractivity contribution in [2.24, 2.45) is 0 Å². The molecule has 1 atom stereocenters. The highest BCUT2D eigenvalue weighted by Gasteiger charge is 2.17. The number of nitro groups is 1. The average Bonchev–Trinajstić information content (AvgIpc) is 2.75. The van der Waals surface area contributed by atoms with Crippen LogP contribution < -0.4 is 5.32 Å². The van der Waals surface area contributed by atoms with Crippen LogP contribution in [0.3, 0.4) is 0 Å². The van der Waals surface area contributed by atoms with Gasteiger partial charge < -0.3 is 5.32 Å². The maximum absolute atomic E-state index is 11.0. The first-order chi connectivity index (χ1) is 8.97. The molecule has 0 aliphatic carbocycles. The summed E-state index contributed by atoms with van der Waals surface area (Å²) in [5, 5.41) is 14.1. The Morgan fingerprint density at radius 1 is 1.42 bits per heavy atom. The Balaban J connectivity index is 2.27. The summed E-state index contributed by atoms with van der Waals surface area (Å²) in [6.07, 6.45) is 0. The van der Waals surface area contributed by atoms with Gasteiger partial charge in [-0.15, -0.1) is 11.3 Å². The quantitative estimate of drug-likeness (QED) is 0.598. The minimum absolute atomic E-state index is 0.0505. The van der Waals surface area contributed by atoms with E-state index in [1.807, 2.05) is 19.1 Å². The Hall–Kier alpha value is -1.11. The predicted octanol–water partition coefficient (Wildman–Crippen LogP) is 5.25. The highest BCUT2D eigenvalue weighted by molar-refractivity contribution is 9.10. The summed E-state index contributed by atoms with van der Waals surface area (Å²) in [6.45, 7) is 1.94. The molecule has 2 rings (SSSR count). The van der Waals surface area contributed by atoms with E-state index < -0.39 is 4.92 Å². The molecule has 0 saturated heterocycles. The maximum atomic E-state index is 11.0. The molecule has 0 radical (unpaired) electrons. The Morgan fingerprint density at radius 2 is 2.16 bits per heavy atom. The van der Waals surface area contributed by atoms with E-state index >= 15 is 0 Å². The van der Waals surface area contributed by atoms with Crippen LogP contribution in [-0.2, 0) is 0 Å². The zero-order chi connectivity index (χ0) is 14.0. The van der Waals surface area contributed by atoms with Gasteiger partial charge in [0.15, 0.2) is 0 Å². The summed E-state index contributed by atoms with van der Waals surface area (Å²) in [5.41, 5.74) is 0.536. The first-order valence-electron chi connectivity index (χ1n) is 5.43. The fourth-order valence-corrected chi connectivity index (χ4v) is 3.07. The van der Waals surface area contributed by atoms with Gasteiger partial charge in [-0.3, -0.25) is 10.1 Å². The largest absolute Gasteiger partial charge is 0.372 e. The Kier molecular flexibility index (Phi) is 4.44. The third-order valence-corrected chi connectivity index (χ3v) is 4.46. The second-order valence-electron chi connectivity index (χ2n) is 3.93. The molecule has 0 saturated carbocycles. The normalized spacial score (nSPS) is 12.2. The van der Waals surface area contributed by atoms with Gasteiger partial charge in [0, 0.05) is 15.4 Å². The smallest absolute Gasteiger partial charge is 0.292 e. The number of rotatable bonds is 4. The minimum atomic E-state index is -0.400. The molecule has 100 valence electrons. The van der Waals surface area contributed by atoms with Gasteiger partial charge in [0.1, 0.15) is 5.69 Å². The van der Waals surface area contributed by atoms with Gasteiger partial charge in [-0.1, -0.05) is 27.5 Å². The third kappa shape index (κ3) is 3.46. The van der Waals surface area contributed by atoms with Crippen molar-refractivity contribution >= 4 is 50.2 Å². The van der Waals surface area contributed by atoms with Gasteiger partial charge in [-0.25, -0.2) is 0 Å². The molecule has 0 aliphatic heterocycles. The predicted molar refractivity (Wildman–Crippen MR) is 82.2 cm³/mol. The molecule has 0 amide bonds. The number of hydrogen-bond donors (Lipinski definition) is 1. The van der Waals surface area contributed by atoms with Crippen molar-refractivity contribution in [1.29, 1.82) is 0 Å². The standard InChI is InChI=1S/C12H10BrClN2O2S/c1-7(11-4-5-12(14)19-11)15-9-6-8(13)2-3-10(9)16(17)18/h2-7,15H,1H3. The van der Waals surface area contributed by atoms with Crippen molar-refractivity contribution in [2.75, 3.05) is 5.32 Å². The number of anilines is 1. The van der Waals surface area contributed by atoms with Gasteiger partial charge in [-0.2, -0.15) is 0 Å². The van der Waals surface area contributed by atoms with E-state index in [1.54, 1.807) is 12.1 Å². The highest BCUT2D eigenvalue weighted by atomic mass is 79.9. The van der Waals surface area contributed by atoms with Gasteiger partial charge in [-0.05, 0) is 31.2 Å². The topological polar surface area (TPSA) is 55.2 Å². The van der Waals surface area contributed by atoms with Crippen molar-refractivity contribution in [1.82, 2.24) is 0 Å². The van der Waals surface area contributed by atoms with Crippen LogP contribution in [0.4, 0.5) is 11.4 Å². The fraction of sp³-hybridized carbons (Fsp3) is 0.167. The summed E-state index contributed by atoms with van der Waals surface area (Å²) >= 11 is 10.7. The number of nitrogens with one attached hydrogen (secondary N) is 1. The third-order valence-electron chi connectivity index (χ3n) is 2.55. The zero-order valence-corrected chi connectivity index (χ0v) is 13.1. The van der Waals surface area contributed by atoms with Gasteiger partial charge in [0.05, 0.1) is 15.3 Å². The lowest BCUT2D eigenvalue weighted by atomic mass is 10.2. The van der Waals surface area contributed by atoms with Crippen LogP contribution in [0.1, 0.15) is 17.8 Å². The van der Waals surface area contributed by atoms with E-state index in [9.17, 15) is 10.1 Å². The van der Waals surface area contributed by atoms with E-state index in [2.05, 4.69) is 21.2 Å². The first kappa shape index (κ1) is 14.3. The van der Waals surface area contributed by atoms with Gasteiger partial charge in [0.2, 0.25) is 0 Å². The molecule has 0 bridgehead atoms. The number of halogens is 2. The molecule has 1 aromatic heterocycles. The Bertz CT molecular complexity index is 618. The summed E-state index contributed by atoms with van der Waals surface area (Å²) < 4.78 is 1.49. The molecule has 19 heavy (non-hydrogen) atoms. The zero-order valence-electron chi connectivity index (χ0n) is 9.89. The molecule has 4 nitrogen and oxygen atoms in total. The van der Waals surface area contributed by atoms with E-state index in [1.165, 1.54) is 17.4 Å². The van der Waals surface area contributed by atoms with Crippen molar-refractivity contribution in [3.8, 4) is 0 Å². The van der Waals surface area contributed by atoms with Gasteiger partial charge in [0.25, 0.3) is 5.69 Å². The second-order valence-corrected chi connectivity index (χ2v) is 6.59. The lowest BCUT2D eigenvalue weighted by Gasteiger charge is -2.14. The maximum Gasteiger partial charge on any atom is 0.292 e. The van der Waals surface area contributed by atoms with E-state index in [0.29, 0.717) is 10.0 Å².